The van der Waals surface area contributed by atoms with E-state index in [2.05, 4.69) is 66.7 Å². The molecule has 0 bridgehead atoms. The molecule has 1 aliphatic rings. The van der Waals surface area contributed by atoms with Crippen molar-refractivity contribution in [2.24, 2.45) is 5.92 Å². The fraction of sp³-hybridized carbons (Fsp3) is 0.773. The zero-order chi connectivity index (χ0) is 22.7. The summed E-state index contributed by atoms with van der Waals surface area (Å²) in [5.41, 5.74) is 2.44. The summed E-state index contributed by atoms with van der Waals surface area (Å²) < 4.78 is 22.4. The number of ether oxygens (including phenoxy) is 2. The second-order valence-corrected chi connectivity index (χ2v) is 8.75. The summed E-state index contributed by atoms with van der Waals surface area (Å²) in [6.07, 6.45) is 3.01. The second kappa shape index (κ2) is 9.68. The molecule has 0 saturated carbocycles. The number of hydrogen-bond donors (Lipinski definition) is 1. The van der Waals surface area contributed by atoms with Gasteiger partial charge in [0.1, 0.15) is 24.3 Å². The van der Waals surface area contributed by atoms with E-state index in [1.807, 2.05) is 11.5 Å². The lowest BCUT2D eigenvalue weighted by Gasteiger charge is -2.36. The zero-order valence-corrected chi connectivity index (χ0v) is 19.4. The third-order valence-electron chi connectivity index (χ3n) is 6.04. The van der Waals surface area contributed by atoms with Crippen LogP contribution in [0.4, 0.5) is 0 Å². The first-order valence-electron chi connectivity index (χ1n) is 11.7. The van der Waals surface area contributed by atoms with Gasteiger partial charge in [0.05, 0.1) is 24.7 Å². The molecule has 0 aromatic carbocycles. The minimum absolute atomic E-state index is 0.0146. The van der Waals surface area contributed by atoms with Crippen LogP contribution in [0, 0.1) is 12.8 Å². The van der Waals surface area contributed by atoms with Crippen LogP contribution in [-0.4, -0.2) is 68.0 Å². The Labute approximate surface area is 181 Å². The van der Waals surface area contributed by atoms with E-state index in [1.54, 1.807) is 12.7 Å². The van der Waals surface area contributed by atoms with E-state index in [0.717, 1.165) is 16.9 Å². The Morgan fingerprint density at radius 3 is 2.63 bits per heavy atom. The van der Waals surface area contributed by atoms with Gasteiger partial charge in [-0.3, -0.25) is 9.47 Å². The fourth-order valence-electron chi connectivity index (χ4n) is 4.76. The first-order valence-corrected chi connectivity index (χ1v) is 11.0. The summed E-state index contributed by atoms with van der Waals surface area (Å²) in [6, 6.07) is 0.863. The summed E-state index contributed by atoms with van der Waals surface area (Å²) in [6.45, 7) is 16.4. The van der Waals surface area contributed by atoms with Gasteiger partial charge in [0.25, 0.3) is 0 Å². The number of likely N-dealkylation sites (N-methyl/N-ethyl adjacent to an activating group) is 1. The molecule has 2 aromatic rings. The summed E-state index contributed by atoms with van der Waals surface area (Å²) in [4.78, 5) is 15.6. The molecule has 5 atom stereocenters. The Kier molecular flexibility index (Phi) is 6.98. The molecule has 1 aliphatic heterocycles. The van der Waals surface area contributed by atoms with Crippen LogP contribution in [0.15, 0.2) is 12.7 Å². The van der Waals surface area contributed by atoms with Gasteiger partial charge in [-0.05, 0) is 48.1 Å². The lowest BCUT2D eigenvalue weighted by atomic mass is 9.99. The van der Waals surface area contributed by atoms with E-state index < -0.39 is 0 Å². The minimum atomic E-state index is -0.210. The average molecular weight is 421 g/mol. The van der Waals surface area contributed by atoms with Gasteiger partial charge < -0.3 is 14.8 Å². The minimum Gasteiger partial charge on any atom is -0.361 e. The molecule has 1 fully saturated rings. The Morgan fingerprint density at radius 1 is 1.23 bits per heavy atom. The first-order chi connectivity index (χ1) is 14.8. The molecule has 30 heavy (non-hydrogen) atoms. The average Bonchev–Trinajstić information content (AvgIpc) is 3.26. The molecule has 168 valence electrons. The predicted molar refractivity (Wildman–Crippen MR) is 118 cm³/mol. The van der Waals surface area contributed by atoms with Gasteiger partial charge in [0.2, 0.25) is 0 Å². The number of nitrogens with zero attached hydrogens (tertiary/aromatic N) is 5. The van der Waals surface area contributed by atoms with Crippen LogP contribution in [0.1, 0.15) is 61.7 Å². The maximum atomic E-state index is 7.57. The second-order valence-electron chi connectivity index (χ2n) is 8.75. The van der Waals surface area contributed by atoms with Crippen molar-refractivity contribution in [3.8, 4) is 0 Å². The molecule has 1 saturated heterocycles. The largest absolute Gasteiger partial charge is 0.361 e. The van der Waals surface area contributed by atoms with Gasteiger partial charge in [-0.1, -0.05) is 13.8 Å². The van der Waals surface area contributed by atoms with E-state index in [9.17, 15) is 0 Å². The van der Waals surface area contributed by atoms with Gasteiger partial charge in [-0.2, -0.15) is 0 Å². The molecule has 8 heteroatoms. The quantitative estimate of drug-likeness (QED) is 0.625. The van der Waals surface area contributed by atoms with E-state index in [-0.39, 0.29) is 30.5 Å². The molecule has 0 radical (unpaired) electrons. The SMILES string of the molecule is [3H]CCN[C@@H]1C(C)[C@H](n2cnc3c(C)ncnc32)O[C@@H]1COC(C)N(C(C)C)C(C)C. The third-order valence-corrected chi connectivity index (χ3v) is 6.04. The molecule has 8 nitrogen and oxygen atoms in total. The van der Waals surface area contributed by atoms with Crippen molar-refractivity contribution in [3.63, 3.8) is 0 Å². The lowest BCUT2D eigenvalue weighted by molar-refractivity contribution is -0.118. The van der Waals surface area contributed by atoms with Gasteiger partial charge in [-0.25, -0.2) is 15.0 Å². The number of aromatic nitrogens is 4. The molecule has 2 unspecified atom stereocenters. The summed E-state index contributed by atoms with van der Waals surface area (Å²) in [5, 5.41) is 3.51. The van der Waals surface area contributed by atoms with E-state index >= 15 is 0 Å². The number of hydrogen-bond acceptors (Lipinski definition) is 7. The van der Waals surface area contributed by atoms with Crippen molar-refractivity contribution >= 4 is 11.2 Å². The Bertz CT molecular complexity index is 837. The number of aryl methyl sites for hydroxylation is 1. The van der Waals surface area contributed by atoms with Crippen LogP contribution in [0.3, 0.4) is 0 Å². The lowest BCUT2D eigenvalue weighted by Crippen LogP contribution is -2.47. The van der Waals surface area contributed by atoms with Crippen molar-refractivity contribution < 1.29 is 10.8 Å². The fourth-order valence-corrected chi connectivity index (χ4v) is 4.76. The molecule has 0 spiro atoms. The molecule has 1 N–H and O–H groups in total. The van der Waals surface area contributed by atoms with E-state index in [1.165, 1.54) is 0 Å². The maximum absolute atomic E-state index is 7.57. The van der Waals surface area contributed by atoms with Crippen molar-refractivity contribution in [2.75, 3.05) is 13.2 Å². The maximum Gasteiger partial charge on any atom is 0.165 e. The molecule has 3 rings (SSSR count). The smallest absolute Gasteiger partial charge is 0.165 e. The summed E-state index contributed by atoms with van der Waals surface area (Å²) in [5.74, 6) is 0.162. The van der Waals surface area contributed by atoms with Gasteiger partial charge in [0.15, 0.2) is 5.65 Å². The van der Waals surface area contributed by atoms with Crippen LogP contribution in [0.2, 0.25) is 0 Å². The van der Waals surface area contributed by atoms with Crippen LogP contribution < -0.4 is 5.32 Å². The highest BCUT2D eigenvalue weighted by molar-refractivity contribution is 5.72. The number of fused-ring (bicyclic) bond motifs is 1. The highest BCUT2D eigenvalue weighted by Gasteiger charge is 2.43. The predicted octanol–water partition coefficient (Wildman–Crippen LogP) is 3.13. The van der Waals surface area contributed by atoms with Crippen LogP contribution in [0.25, 0.3) is 11.2 Å². The molecular weight excluding hydrogens is 380 g/mol. The van der Waals surface area contributed by atoms with Crippen LogP contribution in [-0.2, 0) is 9.47 Å². The van der Waals surface area contributed by atoms with Crippen molar-refractivity contribution in [1.82, 2.24) is 29.7 Å². The summed E-state index contributed by atoms with van der Waals surface area (Å²) >= 11 is 0. The monoisotopic (exact) mass is 420 g/mol. The summed E-state index contributed by atoms with van der Waals surface area (Å²) in [7, 11) is 0. The van der Waals surface area contributed by atoms with Gasteiger partial charge >= 0.3 is 0 Å². The van der Waals surface area contributed by atoms with E-state index in [4.69, 9.17) is 10.8 Å². The molecular formula is C22H38N6O2. The Morgan fingerprint density at radius 2 is 1.97 bits per heavy atom. The molecule has 2 aromatic heterocycles. The highest BCUT2D eigenvalue weighted by Crippen LogP contribution is 2.36. The van der Waals surface area contributed by atoms with Gasteiger partial charge in [-0.15, -0.1) is 0 Å². The van der Waals surface area contributed by atoms with Crippen molar-refractivity contribution in [3.05, 3.63) is 18.3 Å². The Hall–Kier alpha value is -1.61. The number of nitrogens with one attached hydrogen (secondary N) is 1. The highest BCUT2D eigenvalue weighted by atomic mass is 16.6. The number of imidazole rings is 1. The standard InChI is InChI=1S/C22H38N6O2/c1-9-23-19-15(6)22(27-12-26-20-16(7)24-11-25-21(20)27)30-18(19)10-29-17(8)28(13(2)3)14(4)5/h11-15,17-19,22-23H,9-10H2,1-8H3/t15?,17?,18-,19-,22-/m1/s1/i1T. The van der Waals surface area contributed by atoms with Crippen LogP contribution in [0.5, 0.6) is 0 Å². The Balaban J connectivity index is 1.78. The molecule has 0 aliphatic carbocycles. The van der Waals surface area contributed by atoms with E-state index in [0.29, 0.717) is 32.1 Å². The topological polar surface area (TPSA) is 77.3 Å². The van der Waals surface area contributed by atoms with Crippen molar-refractivity contribution in [2.45, 2.75) is 92.1 Å². The normalized spacial score (nSPS) is 26.3. The van der Waals surface area contributed by atoms with Crippen molar-refractivity contribution in [1.29, 1.82) is 0 Å². The van der Waals surface area contributed by atoms with Crippen LogP contribution >= 0.6 is 0 Å². The van der Waals surface area contributed by atoms with Gasteiger partial charge in [0, 0.05) is 25.4 Å². The zero-order valence-electron chi connectivity index (χ0n) is 20.4. The first kappa shape index (κ1) is 21.6. The molecule has 3 heterocycles. The number of rotatable bonds is 9. The molecule has 0 amide bonds. The third kappa shape index (κ3) is 4.51.